The smallest absolute Gasteiger partial charge is 0.0572 e. The van der Waals surface area contributed by atoms with E-state index in [-0.39, 0.29) is 4.87 Å². The quantitative estimate of drug-likeness (QED) is 0.607. The topological polar surface area (TPSA) is 9.23 Å². The van der Waals surface area contributed by atoms with Gasteiger partial charge in [-0.15, -0.1) is 11.6 Å². The molecule has 0 aromatic heterocycles. The summed E-state index contributed by atoms with van der Waals surface area (Å²) in [6, 6.07) is 0. The van der Waals surface area contributed by atoms with Gasteiger partial charge in [-0.05, 0) is 40.0 Å². The largest absolute Gasteiger partial charge is 0.379 e. The van der Waals surface area contributed by atoms with E-state index in [1.54, 1.807) is 0 Å². The van der Waals surface area contributed by atoms with E-state index in [2.05, 4.69) is 13.8 Å². The monoisotopic (exact) mass is 192 g/mol. The number of ether oxygens (including phenoxy) is 1. The number of alkyl halides is 1. The molecule has 0 aliphatic rings. The van der Waals surface area contributed by atoms with Gasteiger partial charge in [-0.25, -0.2) is 0 Å². The van der Waals surface area contributed by atoms with Crippen molar-refractivity contribution in [2.45, 2.75) is 52.0 Å². The molecule has 0 aromatic carbocycles. The van der Waals surface area contributed by atoms with Crippen LogP contribution in [0.3, 0.4) is 0 Å². The Labute approximate surface area is 81.4 Å². The second-order valence-electron chi connectivity index (χ2n) is 4.06. The molecule has 12 heavy (non-hydrogen) atoms. The van der Waals surface area contributed by atoms with Crippen molar-refractivity contribution in [3.8, 4) is 0 Å². The second kappa shape index (κ2) is 5.08. The van der Waals surface area contributed by atoms with Gasteiger partial charge in [-0.3, -0.25) is 0 Å². The molecule has 0 amide bonds. The fourth-order valence-corrected chi connectivity index (χ4v) is 1.60. The lowest BCUT2D eigenvalue weighted by Gasteiger charge is -2.25. The van der Waals surface area contributed by atoms with Crippen LogP contribution in [0.2, 0.25) is 0 Å². The van der Waals surface area contributed by atoms with Gasteiger partial charge in [0.2, 0.25) is 0 Å². The van der Waals surface area contributed by atoms with E-state index in [1.807, 2.05) is 20.8 Å². The van der Waals surface area contributed by atoms with Crippen LogP contribution in [0.5, 0.6) is 0 Å². The van der Waals surface area contributed by atoms with Gasteiger partial charge in [0.25, 0.3) is 0 Å². The first kappa shape index (κ1) is 12.2. The minimum atomic E-state index is -0.106. The first-order valence-electron chi connectivity index (χ1n) is 4.67. The van der Waals surface area contributed by atoms with Crippen molar-refractivity contribution in [2.75, 3.05) is 6.61 Å². The molecule has 0 saturated carbocycles. The average molecular weight is 193 g/mol. The zero-order valence-corrected chi connectivity index (χ0v) is 9.61. The van der Waals surface area contributed by atoms with Crippen LogP contribution in [-0.4, -0.2) is 17.6 Å². The number of rotatable bonds is 5. The maximum absolute atomic E-state index is 6.12. The van der Waals surface area contributed by atoms with E-state index >= 15 is 0 Å². The molecule has 0 fully saturated rings. The summed E-state index contributed by atoms with van der Waals surface area (Å²) in [4.78, 5) is -0.106. The van der Waals surface area contributed by atoms with Crippen LogP contribution in [0.15, 0.2) is 0 Å². The van der Waals surface area contributed by atoms with Crippen molar-refractivity contribution < 1.29 is 4.74 Å². The van der Waals surface area contributed by atoms with Crippen LogP contribution in [0.25, 0.3) is 0 Å². The molecule has 74 valence electrons. The molecule has 0 aromatic rings. The normalized spacial score (nSPS) is 17.5. The van der Waals surface area contributed by atoms with Crippen LogP contribution in [0.4, 0.5) is 0 Å². The summed E-state index contributed by atoms with van der Waals surface area (Å²) in [5, 5.41) is 0. The van der Waals surface area contributed by atoms with Gasteiger partial charge >= 0.3 is 0 Å². The van der Waals surface area contributed by atoms with Crippen molar-refractivity contribution >= 4 is 11.6 Å². The van der Waals surface area contributed by atoms with E-state index in [0.29, 0.717) is 12.0 Å². The molecule has 0 aliphatic heterocycles. The highest BCUT2D eigenvalue weighted by Gasteiger charge is 2.21. The third-order valence-electron chi connectivity index (χ3n) is 2.04. The van der Waals surface area contributed by atoms with Crippen LogP contribution in [-0.2, 0) is 4.74 Å². The van der Waals surface area contributed by atoms with E-state index in [4.69, 9.17) is 16.3 Å². The highest BCUT2D eigenvalue weighted by atomic mass is 35.5. The lowest BCUT2D eigenvalue weighted by molar-refractivity contribution is 0.0335. The summed E-state index contributed by atoms with van der Waals surface area (Å²) in [5.41, 5.74) is 0. The summed E-state index contributed by atoms with van der Waals surface area (Å²) in [7, 11) is 0. The van der Waals surface area contributed by atoms with Crippen molar-refractivity contribution in [1.29, 1.82) is 0 Å². The van der Waals surface area contributed by atoms with Gasteiger partial charge in [0, 0.05) is 11.5 Å². The molecule has 2 unspecified atom stereocenters. The Morgan fingerprint density at radius 2 is 1.83 bits per heavy atom. The standard InChI is InChI=1S/C10H21ClO/c1-6-12-9(3)8(2)7-10(4,5)11/h8-9H,6-7H2,1-5H3. The van der Waals surface area contributed by atoms with Crippen molar-refractivity contribution in [3.63, 3.8) is 0 Å². The molecule has 0 N–H and O–H groups in total. The summed E-state index contributed by atoms with van der Waals surface area (Å²) < 4.78 is 5.49. The molecule has 2 atom stereocenters. The molecule has 0 aliphatic carbocycles. The Morgan fingerprint density at radius 3 is 2.17 bits per heavy atom. The number of halogens is 1. The van der Waals surface area contributed by atoms with Gasteiger partial charge in [0.1, 0.15) is 0 Å². The molecule has 0 bridgehead atoms. The lowest BCUT2D eigenvalue weighted by atomic mass is 9.94. The van der Waals surface area contributed by atoms with E-state index in [9.17, 15) is 0 Å². The van der Waals surface area contributed by atoms with Gasteiger partial charge in [0.15, 0.2) is 0 Å². The molecule has 1 nitrogen and oxygen atoms in total. The molecule has 0 rings (SSSR count). The van der Waals surface area contributed by atoms with Crippen LogP contribution >= 0.6 is 11.6 Å². The summed E-state index contributed by atoms with van der Waals surface area (Å²) in [6.07, 6.45) is 1.31. The fraction of sp³-hybridized carbons (Fsp3) is 1.00. The van der Waals surface area contributed by atoms with Gasteiger partial charge in [-0.2, -0.15) is 0 Å². The Bertz CT molecular complexity index is 117. The Morgan fingerprint density at radius 1 is 1.33 bits per heavy atom. The first-order chi connectivity index (χ1) is 5.37. The third-order valence-corrected chi connectivity index (χ3v) is 2.19. The molecule has 0 heterocycles. The Balaban J connectivity index is 3.78. The minimum Gasteiger partial charge on any atom is -0.379 e. The fourth-order valence-electron chi connectivity index (χ4n) is 1.36. The van der Waals surface area contributed by atoms with Crippen molar-refractivity contribution in [2.24, 2.45) is 5.92 Å². The Hall–Kier alpha value is 0.250. The molecular formula is C10H21ClO. The SMILES string of the molecule is CCOC(C)C(C)CC(C)(C)Cl. The average Bonchev–Trinajstić information content (AvgIpc) is 1.84. The Kier molecular flexibility index (Phi) is 5.19. The zero-order valence-electron chi connectivity index (χ0n) is 8.86. The van der Waals surface area contributed by atoms with Crippen LogP contribution in [0, 0.1) is 5.92 Å². The number of hydrogen-bond acceptors (Lipinski definition) is 1. The highest BCUT2D eigenvalue weighted by molar-refractivity contribution is 6.23. The predicted molar refractivity (Wildman–Crippen MR) is 54.8 cm³/mol. The summed E-state index contributed by atoms with van der Waals surface area (Å²) in [5.74, 6) is 0.525. The zero-order chi connectivity index (χ0) is 9.78. The van der Waals surface area contributed by atoms with Crippen LogP contribution in [0.1, 0.15) is 41.0 Å². The van der Waals surface area contributed by atoms with Crippen molar-refractivity contribution in [1.82, 2.24) is 0 Å². The molecule has 0 saturated heterocycles. The minimum absolute atomic E-state index is 0.106. The highest BCUT2D eigenvalue weighted by Crippen LogP contribution is 2.25. The van der Waals surface area contributed by atoms with E-state index in [0.717, 1.165) is 13.0 Å². The first-order valence-corrected chi connectivity index (χ1v) is 5.05. The van der Waals surface area contributed by atoms with E-state index < -0.39 is 0 Å². The second-order valence-corrected chi connectivity index (χ2v) is 5.08. The number of hydrogen-bond donors (Lipinski definition) is 0. The van der Waals surface area contributed by atoms with E-state index in [1.165, 1.54) is 0 Å². The molecular weight excluding hydrogens is 172 g/mol. The van der Waals surface area contributed by atoms with Gasteiger partial charge < -0.3 is 4.74 Å². The maximum Gasteiger partial charge on any atom is 0.0572 e. The molecule has 0 spiro atoms. The summed E-state index contributed by atoms with van der Waals surface area (Å²) >= 11 is 6.12. The van der Waals surface area contributed by atoms with Crippen molar-refractivity contribution in [3.05, 3.63) is 0 Å². The summed E-state index contributed by atoms with van der Waals surface area (Å²) in [6.45, 7) is 11.2. The molecule has 2 heteroatoms. The lowest BCUT2D eigenvalue weighted by Crippen LogP contribution is -2.25. The van der Waals surface area contributed by atoms with Crippen LogP contribution < -0.4 is 0 Å². The molecule has 0 radical (unpaired) electrons. The third kappa shape index (κ3) is 5.84. The maximum atomic E-state index is 6.12. The van der Waals surface area contributed by atoms with Gasteiger partial charge in [0.05, 0.1) is 6.10 Å². The van der Waals surface area contributed by atoms with Gasteiger partial charge in [-0.1, -0.05) is 6.92 Å². The predicted octanol–water partition coefficient (Wildman–Crippen LogP) is 3.46.